The van der Waals surface area contributed by atoms with Gasteiger partial charge in [-0.25, -0.2) is 0 Å². The Morgan fingerprint density at radius 2 is 0.455 bits per heavy atom. The van der Waals surface area contributed by atoms with Gasteiger partial charge in [-0.05, 0) is 141 Å². The SMILES string of the molecule is CC(C)(C)[Si](CI)(c1ccccc1)c1ccccc1.CCCCCCCC/C=C\CCCCCCCCOCC(COCCCCCCO[Si](c1ccccc1)(c1ccccc1)C(C)(C)C)O[Si](c1ccccc1)(c1ccccc1)C(C)(C)C.CCCCCCCC/C=C\CCCCCCCCOCC(O)COCCCCCCO[Si](c1ccccc1)(c1ccccc1)C(C)(C)C. The lowest BCUT2D eigenvalue weighted by Gasteiger charge is -2.45. The molecule has 0 bridgehead atoms. The van der Waals surface area contributed by atoms with E-state index < -0.39 is 39.1 Å². The molecule has 0 aliphatic carbocycles. The summed E-state index contributed by atoms with van der Waals surface area (Å²) < 4.78 is 47.4. The van der Waals surface area contributed by atoms with Gasteiger partial charge in [-0.2, -0.15) is 0 Å². The molecule has 0 spiro atoms. The largest absolute Gasteiger partial charge is 0.407 e. The fourth-order valence-corrected chi connectivity index (χ4v) is 43.2. The Labute approximate surface area is 825 Å². The molecule has 0 aromatic heterocycles. The van der Waals surface area contributed by atoms with Crippen molar-refractivity contribution in [2.24, 2.45) is 0 Å². The number of aliphatic hydroxyl groups is 1. The van der Waals surface area contributed by atoms with Crippen molar-refractivity contribution in [2.45, 2.75) is 360 Å². The number of alkyl halides is 1. The molecule has 13 heteroatoms. The Kier molecular flexibility index (Phi) is 58.4. The molecule has 8 aromatic rings. The molecule has 0 amide bonds. The topological polar surface area (TPSA) is 84.8 Å². The fraction of sp³-hybridized carbons (Fsp3) is 0.563. The highest BCUT2D eigenvalue weighted by molar-refractivity contribution is 14.1. The second-order valence-electron chi connectivity index (χ2n) is 41.1. The van der Waals surface area contributed by atoms with Crippen LogP contribution >= 0.6 is 22.6 Å². The average Bonchev–Trinajstić information content (AvgIpc) is 0.724. The molecule has 8 rings (SSSR count). The van der Waals surface area contributed by atoms with E-state index in [-0.39, 0.29) is 21.2 Å². The van der Waals surface area contributed by atoms with Crippen LogP contribution in [0.4, 0.5) is 0 Å². The molecule has 2 atom stereocenters. The van der Waals surface area contributed by atoms with Gasteiger partial charge in [0.2, 0.25) is 0 Å². The quantitative estimate of drug-likeness (QED) is 0.0133. The molecule has 0 saturated heterocycles. The van der Waals surface area contributed by atoms with Crippen molar-refractivity contribution >= 4 is 97.1 Å². The molecule has 8 nitrogen and oxygen atoms in total. The summed E-state index contributed by atoms with van der Waals surface area (Å²) in [7, 11) is -9.46. The van der Waals surface area contributed by atoms with Crippen LogP contribution in [0.25, 0.3) is 0 Å². The summed E-state index contributed by atoms with van der Waals surface area (Å²) in [5, 5.41) is 21.4. The van der Waals surface area contributed by atoms with Crippen LogP contribution in [0.2, 0.25) is 20.2 Å². The van der Waals surface area contributed by atoms with E-state index in [1.165, 1.54) is 202 Å². The lowest BCUT2D eigenvalue weighted by atomic mass is 10.1. The molecular formula is C119H183IO8Si4. The Balaban J connectivity index is 0.000000347. The molecular weight excluding hydrogens is 1800 g/mol. The minimum absolute atomic E-state index is 0.00968. The zero-order chi connectivity index (χ0) is 95.1. The summed E-state index contributed by atoms with van der Waals surface area (Å²) >= 11 is 2.60. The number of hydrogen-bond acceptors (Lipinski definition) is 8. The molecule has 2 unspecified atom stereocenters. The second kappa shape index (κ2) is 66.9. The number of allylic oxidation sites excluding steroid dienone is 4. The van der Waals surface area contributed by atoms with Crippen LogP contribution in [0.5, 0.6) is 0 Å². The van der Waals surface area contributed by atoms with Crippen molar-refractivity contribution < 1.29 is 37.3 Å². The standard InChI is InChI=1S/C59H90O4Si2.C43H72O4Si.C17H21ISi/c1-8-9-10-11-12-13-14-15-16-17-18-19-20-21-22-37-48-60-51-53(63-65(59(5,6)7,56-44-33-27-34-45-56)57-46-35-28-36-47-57)52-61-49-38-23-24-39-50-62-64(58(2,3)4,54-40-29-25-30-41-54)55-42-31-26-32-43-55;1-5-6-7-8-9-10-11-12-13-14-15-16-17-18-19-28-35-45-38-40(44)39-46-36-29-20-21-30-37-47-48(43(2,3)4,41-31-24-22-25-32-41)42-33-26-23-27-34-42;1-17(2,3)19(14-18,15-10-6-4-7-11-15)16-12-8-5-9-13-16/h15-16,25-36,40-47,53H,8-14,17-24,37-39,48-52H2,1-7H3;12-13,22-27,31-34,40,44H,5-11,14-21,28-30,35-39H2,1-4H3;4-13H,14H2,1-3H3/b16-15-;13-12-;. The molecule has 0 aliphatic heterocycles. The van der Waals surface area contributed by atoms with E-state index in [2.05, 4.69) is 386 Å². The first-order valence-corrected chi connectivity index (χ1v) is 61.7. The van der Waals surface area contributed by atoms with E-state index in [9.17, 15) is 5.11 Å². The molecule has 0 fully saturated rings. The van der Waals surface area contributed by atoms with E-state index in [1.54, 1.807) is 10.4 Å². The van der Waals surface area contributed by atoms with Crippen molar-refractivity contribution in [1.82, 2.24) is 0 Å². The van der Waals surface area contributed by atoms with Crippen LogP contribution in [0.1, 0.15) is 328 Å². The summed E-state index contributed by atoms with van der Waals surface area (Å²) in [6.07, 6.45) is 54.0. The molecule has 132 heavy (non-hydrogen) atoms. The van der Waals surface area contributed by atoms with E-state index >= 15 is 0 Å². The van der Waals surface area contributed by atoms with Gasteiger partial charge in [0.1, 0.15) is 14.2 Å². The fourth-order valence-electron chi connectivity index (χ4n) is 19.0. The van der Waals surface area contributed by atoms with E-state index in [0.717, 1.165) is 90.6 Å². The predicted molar refractivity (Wildman–Crippen MR) is 591 cm³/mol. The van der Waals surface area contributed by atoms with Crippen LogP contribution in [0.15, 0.2) is 267 Å². The number of ether oxygens (including phenoxy) is 4. The minimum Gasteiger partial charge on any atom is -0.407 e. The van der Waals surface area contributed by atoms with Gasteiger partial charge >= 0.3 is 0 Å². The van der Waals surface area contributed by atoms with E-state index in [4.69, 9.17) is 32.2 Å². The number of benzene rings is 8. The van der Waals surface area contributed by atoms with Gasteiger partial charge < -0.3 is 37.3 Å². The second-order valence-corrected chi connectivity index (χ2v) is 61.0. The van der Waals surface area contributed by atoms with Gasteiger partial charge in [0, 0.05) is 43.7 Å². The molecule has 730 valence electrons. The summed E-state index contributed by atoms with van der Waals surface area (Å²) in [5.41, 5.74) is 0. The van der Waals surface area contributed by atoms with Gasteiger partial charge in [-0.15, -0.1) is 0 Å². The average molecular weight is 1980 g/mol. The van der Waals surface area contributed by atoms with Gasteiger partial charge in [0.05, 0.1) is 32.5 Å². The third-order valence-corrected chi connectivity index (χ3v) is 50.6. The Bertz CT molecular complexity index is 3960. The zero-order valence-corrected chi connectivity index (χ0v) is 91.6. The third kappa shape index (κ3) is 40.5. The summed E-state index contributed by atoms with van der Waals surface area (Å²) in [4.78, 5) is 0. The van der Waals surface area contributed by atoms with Gasteiger partial charge in [0.25, 0.3) is 25.0 Å². The minimum atomic E-state index is -2.77. The first-order valence-electron chi connectivity index (χ1n) is 52.2. The molecule has 0 aliphatic rings. The maximum absolute atomic E-state index is 10.2. The first-order chi connectivity index (χ1) is 64.0. The monoisotopic (exact) mass is 1980 g/mol. The van der Waals surface area contributed by atoms with Crippen LogP contribution in [-0.4, -0.2) is 120 Å². The van der Waals surface area contributed by atoms with Gasteiger partial charge in [0.15, 0.2) is 0 Å². The highest BCUT2D eigenvalue weighted by Crippen LogP contribution is 2.41. The Hall–Kier alpha value is -5.48. The molecule has 0 heterocycles. The highest BCUT2D eigenvalue weighted by Gasteiger charge is 2.54. The third-order valence-electron chi connectivity index (χ3n) is 26.4. The summed E-state index contributed by atoms with van der Waals surface area (Å²) in [6, 6.07) is 87.8. The van der Waals surface area contributed by atoms with Crippen molar-refractivity contribution in [3.8, 4) is 0 Å². The molecule has 0 radical (unpaired) electrons. The van der Waals surface area contributed by atoms with Crippen LogP contribution in [0.3, 0.4) is 0 Å². The lowest BCUT2D eigenvalue weighted by molar-refractivity contribution is -0.0201. The maximum Gasteiger partial charge on any atom is 0.261 e. The molecule has 1 N–H and O–H groups in total. The van der Waals surface area contributed by atoms with Crippen molar-refractivity contribution in [3.05, 3.63) is 267 Å². The van der Waals surface area contributed by atoms with Crippen molar-refractivity contribution in [2.75, 3.05) is 70.1 Å². The number of rotatable bonds is 67. The number of halogens is 1. The number of aliphatic hydroxyl groups excluding tert-OH is 1. The maximum atomic E-state index is 10.2. The lowest BCUT2D eigenvalue weighted by Crippen LogP contribution is -2.68. The van der Waals surface area contributed by atoms with Crippen molar-refractivity contribution in [3.63, 3.8) is 0 Å². The molecule has 8 aromatic carbocycles. The summed E-state index contributed by atoms with van der Waals surface area (Å²) in [6.45, 7) is 39.1. The zero-order valence-electron chi connectivity index (χ0n) is 85.5. The van der Waals surface area contributed by atoms with Crippen molar-refractivity contribution in [1.29, 1.82) is 0 Å². The molecule has 0 saturated carbocycles. The highest BCUT2D eigenvalue weighted by atomic mass is 127. The van der Waals surface area contributed by atoms with Crippen LogP contribution in [0, 0.1) is 0 Å². The van der Waals surface area contributed by atoms with E-state index in [0.29, 0.717) is 44.7 Å². The normalized spacial score (nSPS) is 13.0. The Morgan fingerprint density at radius 1 is 0.250 bits per heavy atom. The number of unbranched alkanes of at least 4 members (excludes halogenated alkanes) is 30. The van der Waals surface area contributed by atoms with E-state index in [1.807, 2.05) is 0 Å². The Morgan fingerprint density at radius 3 is 0.682 bits per heavy atom. The first kappa shape index (κ1) is 115. The predicted octanol–water partition coefficient (Wildman–Crippen LogP) is 28.7. The van der Waals surface area contributed by atoms with Crippen LogP contribution in [-0.2, 0) is 32.2 Å². The summed E-state index contributed by atoms with van der Waals surface area (Å²) in [5.74, 6) is 0. The van der Waals surface area contributed by atoms with Gasteiger partial charge in [-0.1, -0.05) is 538 Å². The van der Waals surface area contributed by atoms with Gasteiger partial charge in [-0.3, -0.25) is 0 Å². The van der Waals surface area contributed by atoms with Crippen LogP contribution < -0.4 is 41.5 Å². The smallest absolute Gasteiger partial charge is 0.261 e. The number of hydrogen-bond donors (Lipinski definition) is 1.